The summed E-state index contributed by atoms with van der Waals surface area (Å²) in [5.74, 6) is -1.69. The molecule has 0 fully saturated rings. The number of carbonyl (C=O) groups excluding carboxylic acids is 2. The lowest BCUT2D eigenvalue weighted by Crippen LogP contribution is -2.22. The van der Waals surface area contributed by atoms with Crippen molar-refractivity contribution in [1.29, 1.82) is 0 Å². The molecule has 0 bridgehead atoms. The van der Waals surface area contributed by atoms with Gasteiger partial charge in [-0.3, -0.25) is 14.9 Å². The molecule has 0 saturated heterocycles. The molecular weight excluding hydrogens is 381 g/mol. The van der Waals surface area contributed by atoms with Gasteiger partial charge in [-0.25, -0.2) is 4.79 Å². The van der Waals surface area contributed by atoms with Crippen molar-refractivity contribution in [2.45, 2.75) is 20.0 Å². The van der Waals surface area contributed by atoms with Crippen LogP contribution in [0.25, 0.3) is 0 Å². The zero-order valence-electron chi connectivity index (χ0n) is 14.8. The molecule has 28 heavy (non-hydrogen) atoms. The van der Waals surface area contributed by atoms with Gasteiger partial charge in [-0.1, -0.05) is 17.7 Å². The molecule has 2 aromatic rings. The molecule has 0 radical (unpaired) electrons. The van der Waals surface area contributed by atoms with Gasteiger partial charge in [-0.15, -0.1) is 0 Å². The highest BCUT2D eigenvalue weighted by Gasteiger charge is 2.33. The first-order valence-corrected chi connectivity index (χ1v) is 7.89. The van der Waals surface area contributed by atoms with Crippen molar-refractivity contribution in [2.24, 2.45) is 0 Å². The summed E-state index contributed by atoms with van der Waals surface area (Å²) in [6, 6.07) is 6.77. The number of halogens is 3. The number of esters is 1. The predicted octanol–water partition coefficient (Wildman–Crippen LogP) is 4.03. The lowest BCUT2D eigenvalue weighted by Gasteiger charge is -2.11. The third-order valence-electron chi connectivity index (χ3n) is 3.74. The summed E-state index contributed by atoms with van der Waals surface area (Å²) in [4.78, 5) is 33.9. The van der Waals surface area contributed by atoms with Crippen molar-refractivity contribution in [2.75, 3.05) is 11.9 Å². The number of ether oxygens (including phenoxy) is 1. The Bertz CT molecular complexity index is 941. The average Bonchev–Trinajstić information content (AvgIpc) is 2.60. The Kier molecular flexibility index (Phi) is 6.02. The SMILES string of the molecule is Cc1ccc(C)c(C(=O)OCC(=O)Nc2ccc(C(F)(F)F)cc2[N+](=O)[O-])c1. The topological polar surface area (TPSA) is 98.5 Å². The van der Waals surface area contributed by atoms with Crippen molar-refractivity contribution >= 4 is 23.3 Å². The quantitative estimate of drug-likeness (QED) is 0.467. The first-order chi connectivity index (χ1) is 13.0. The Labute approximate surface area is 157 Å². The first-order valence-electron chi connectivity index (χ1n) is 7.89. The number of aryl methyl sites for hydroxylation is 2. The van der Waals surface area contributed by atoms with Crippen LogP contribution in [0.2, 0.25) is 0 Å². The van der Waals surface area contributed by atoms with Gasteiger partial charge in [0.1, 0.15) is 5.69 Å². The van der Waals surface area contributed by atoms with Gasteiger partial charge in [-0.2, -0.15) is 13.2 Å². The molecule has 0 unspecified atom stereocenters. The van der Waals surface area contributed by atoms with Gasteiger partial charge in [0.15, 0.2) is 6.61 Å². The van der Waals surface area contributed by atoms with Crippen LogP contribution < -0.4 is 5.32 Å². The zero-order valence-corrected chi connectivity index (χ0v) is 14.8. The fourth-order valence-corrected chi connectivity index (χ4v) is 2.32. The summed E-state index contributed by atoms with van der Waals surface area (Å²) in [6.07, 6.45) is -4.77. The van der Waals surface area contributed by atoms with Crippen molar-refractivity contribution in [3.05, 3.63) is 68.8 Å². The van der Waals surface area contributed by atoms with Gasteiger partial charge in [0.25, 0.3) is 11.6 Å². The maximum atomic E-state index is 12.7. The Balaban J connectivity index is 2.09. The van der Waals surface area contributed by atoms with E-state index in [2.05, 4.69) is 5.32 Å². The highest BCUT2D eigenvalue weighted by atomic mass is 19.4. The summed E-state index contributed by atoms with van der Waals surface area (Å²) in [5, 5.41) is 13.1. The van der Waals surface area contributed by atoms with Crippen LogP contribution in [0, 0.1) is 24.0 Å². The standard InChI is InChI=1S/C18H15F3N2O5/c1-10-3-4-11(2)13(7-10)17(25)28-9-16(24)22-14-6-5-12(18(19,20)21)8-15(14)23(26)27/h3-8H,9H2,1-2H3,(H,22,24). The Morgan fingerprint density at radius 1 is 1.14 bits per heavy atom. The summed E-state index contributed by atoms with van der Waals surface area (Å²) in [5.41, 5.74) is -0.890. The molecule has 0 heterocycles. The molecule has 0 aliphatic heterocycles. The van der Waals surface area contributed by atoms with E-state index in [0.717, 1.165) is 11.6 Å². The lowest BCUT2D eigenvalue weighted by molar-refractivity contribution is -0.384. The molecule has 0 aliphatic rings. The van der Waals surface area contributed by atoms with E-state index in [9.17, 15) is 32.9 Å². The first kappa shape index (κ1) is 20.9. The maximum Gasteiger partial charge on any atom is 0.416 e. The van der Waals surface area contributed by atoms with Gasteiger partial charge >= 0.3 is 12.1 Å². The van der Waals surface area contributed by atoms with Gasteiger partial charge in [0.2, 0.25) is 0 Å². The Morgan fingerprint density at radius 2 is 1.82 bits per heavy atom. The van der Waals surface area contributed by atoms with E-state index in [0.29, 0.717) is 17.7 Å². The molecule has 0 spiro atoms. The smallest absolute Gasteiger partial charge is 0.416 e. The molecular formula is C18H15F3N2O5. The summed E-state index contributed by atoms with van der Waals surface area (Å²) in [7, 11) is 0. The van der Waals surface area contributed by atoms with E-state index in [1.165, 1.54) is 0 Å². The van der Waals surface area contributed by atoms with E-state index >= 15 is 0 Å². The average molecular weight is 396 g/mol. The number of anilines is 1. The number of nitro groups is 1. The number of rotatable bonds is 5. The minimum Gasteiger partial charge on any atom is -0.452 e. The fraction of sp³-hybridized carbons (Fsp3) is 0.222. The van der Waals surface area contributed by atoms with E-state index in [1.54, 1.807) is 32.0 Å². The van der Waals surface area contributed by atoms with Gasteiger partial charge in [0, 0.05) is 6.07 Å². The van der Waals surface area contributed by atoms with Gasteiger partial charge < -0.3 is 10.1 Å². The summed E-state index contributed by atoms with van der Waals surface area (Å²) in [6.45, 7) is 2.69. The number of nitrogens with zero attached hydrogens (tertiary/aromatic N) is 1. The molecule has 0 aromatic heterocycles. The number of nitrogens with one attached hydrogen (secondary N) is 1. The van der Waals surface area contributed by atoms with Gasteiger partial charge in [-0.05, 0) is 37.6 Å². The number of alkyl halides is 3. The molecule has 148 valence electrons. The number of nitro benzene ring substituents is 1. The van der Waals surface area contributed by atoms with Crippen LogP contribution in [0.15, 0.2) is 36.4 Å². The molecule has 1 amide bonds. The minimum absolute atomic E-state index is 0.258. The molecule has 1 N–H and O–H groups in total. The second kappa shape index (κ2) is 8.07. The van der Waals surface area contributed by atoms with Crippen molar-refractivity contribution in [3.63, 3.8) is 0 Å². The zero-order chi connectivity index (χ0) is 21.1. The third-order valence-corrected chi connectivity index (χ3v) is 3.74. The Hall–Kier alpha value is -3.43. The fourth-order valence-electron chi connectivity index (χ4n) is 2.32. The second-order valence-electron chi connectivity index (χ2n) is 5.93. The van der Waals surface area contributed by atoms with Crippen molar-refractivity contribution < 1.29 is 32.4 Å². The third kappa shape index (κ3) is 5.06. The Morgan fingerprint density at radius 3 is 2.43 bits per heavy atom. The number of hydrogen-bond acceptors (Lipinski definition) is 5. The molecule has 0 atom stereocenters. The largest absolute Gasteiger partial charge is 0.452 e. The van der Waals surface area contributed by atoms with Gasteiger partial charge in [0.05, 0.1) is 16.1 Å². The highest BCUT2D eigenvalue weighted by molar-refractivity contribution is 5.97. The monoisotopic (exact) mass is 396 g/mol. The number of amides is 1. The summed E-state index contributed by atoms with van der Waals surface area (Å²) < 4.78 is 42.9. The van der Waals surface area contributed by atoms with Crippen molar-refractivity contribution in [1.82, 2.24) is 0 Å². The molecule has 10 heteroatoms. The minimum atomic E-state index is -4.77. The normalized spacial score (nSPS) is 11.0. The molecule has 7 nitrogen and oxygen atoms in total. The molecule has 2 aromatic carbocycles. The van der Waals surface area contributed by atoms with Crippen LogP contribution in [-0.2, 0) is 15.7 Å². The van der Waals surface area contributed by atoms with Crippen LogP contribution in [0.3, 0.4) is 0 Å². The number of benzene rings is 2. The molecule has 0 saturated carbocycles. The maximum absolute atomic E-state index is 12.7. The van der Waals surface area contributed by atoms with Crippen molar-refractivity contribution in [3.8, 4) is 0 Å². The number of hydrogen-bond donors (Lipinski definition) is 1. The second-order valence-corrected chi connectivity index (χ2v) is 5.93. The summed E-state index contributed by atoms with van der Waals surface area (Å²) >= 11 is 0. The highest BCUT2D eigenvalue weighted by Crippen LogP contribution is 2.34. The van der Waals surface area contributed by atoms with E-state index in [1.807, 2.05) is 0 Å². The van der Waals surface area contributed by atoms with Crippen LogP contribution in [-0.4, -0.2) is 23.4 Å². The van der Waals surface area contributed by atoms with Crippen LogP contribution in [0.4, 0.5) is 24.5 Å². The molecule has 2 rings (SSSR count). The predicted molar refractivity (Wildman–Crippen MR) is 92.9 cm³/mol. The van der Waals surface area contributed by atoms with Crippen LogP contribution in [0.5, 0.6) is 0 Å². The van der Waals surface area contributed by atoms with E-state index < -0.39 is 46.5 Å². The van der Waals surface area contributed by atoms with Crippen LogP contribution >= 0.6 is 0 Å². The van der Waals surface area contributed by atoms with E-state index in [-0.39, 0.29) is 5.56 Å². The molecule has 0 aliphatic carbocycles. The van der Waals surface area contributed by atoms with E-state index in [4.69, 9.17) is 4.74 Å². The lowest BCUT2D eigenvalue weighted by atomic mass is 10.1. The number of carbonyl (C=O) groups is 2. The van der Waals surface area contributed by atoms with Crippen LogP contribution in [0.1, 0.15) is 27.0 Å².